The number of nitrogens with one attached hydrogen (secondary N) is 3. The van der Waals surface area contributed by atoms with E-state index in [1.807, 2.05) is 80.7 Å². The molecule has 7 nitrogen and oxygen atoms in total. The summed E-state index contributed by atoms with van der Waals surface area (Å²) >= 11 is 0. The first-order chi connectivity index (χ1) is 18.2. The maximum Gasteiger partial charge on any atom is 0.256 e. The molecule has 3 aromatic heterocycles. The fourth-order valence-corrected chi connectivity index (χ4v) is 4.40. The van der Waals surface area contributed by atoms with E-state index in [-0.39, 0.29) is 5.91 Å². The third kappa shape index (κ3) is 5.11. The Hall–Kier alpha value is -4.78. The molecule has 0 unspecified atom stereocenters. The highest BCUT2D eigenvalue weighted by molar-refractivity contribution is 6.05. The molecule has 0 bridgehead atoms. The fourth-order valence-electron chi connectivity index (χ4n) is 4.40. The van der Waals surface area contributed by atoms with Gasteiger partial charge in [-0.05, 0) is 60.9 Å². The topological polar surface area (TPSA) is 91.8 Å². The molecule has 37 heavy (non-hydrogen) atoms. The number of benzene rings is 2. The smallest absolute Gasteiger partial charge is 0.256 e. The van der Waals surface area contributed by atoms with Crippen LogP contribution in [0, 0.1) is 0 Å². The zero-order valence-corrected chi connectivity index (χ0v) is 20.8. The summed E-state index contributed by atoms with van der Waals surface area (Å²) in [7, 11) is 0. The van der Waals surface area contributed by atoms with Crippen LogP contribution >= 0.6 is 0 Å². The predicted molar refractivity (Wildman–Crippen MR) is 150 cm³/mol. The minimum atomic E-state index is -0.211. The number of carbonyl (C=O) groups excluding carboxylic acids is 1. The van der Waals surface area contributed by atoms with E-state index in [2.05, 4.69) is 30.9 Å². The van der Waals surface area contributed by atoms with E-state index in [4.69, 9.17) is 0 Å². The van der Waals surface area contributed by atoms with E-state index >= 15 is 0 Å². The number of aryl methyl sites for hydroxylation is 1. The molecule has 0 aliphatic carbocycles. The average Bonchev–Trinajstić information content (AvgIpc) is 3.14. The van der Waals surface area contributed by atoms with Gasteiger partial charge in [-0.25, -0.2) is 4.98 Å². The van der Waals surface area contributed by atoms with E-state index in [0.29, 0.717) is 11.4 Å². The number of pyridine rings is 3. The molecule has 6 rings (SSSR count). The van der Waals surface area contributed by atoms with Crippen molar-refractivity contribution in [3.63, 3.8) is 0 Å². The first-order valence-corrected chi connectivity index (χ1v) is 12.4. The van der Waals surface area contributed by atoms with Crippen molar-refractivity contribution in [2.45, 2.75) is 26.7 Å². The lowest BCUT2D eigenvalue weighted by Crippen LogP contribution is -2.15. The number of para-hydroxylation sites is 1. The van der Waals surface area contributed by atoms with Crippen molar-refractivity contribution in [3.8, 4) is 0 Å². The van der Waals surface area contributed by atoms with Gasteiger partial charge < -0.3 is 16.0 Å². The molecule has 0 radical (unpaired) electrons. The van der Waals surface area contributed by atoms with Crippen LogP contribution in [0.5, 0.6) is 0 Å². The quantitative estimate of drug-likeness (QED) is 0.255. The number of carbonyl (C=O) groups is 1. The Labute approximate surface area is 216 Å². The van der Waals surface area contributed by atoms with Crippen LogP contribution in [-0.2, 0) is 12.8 Å². The number of amides is 1. The largest absolute Gasteiger partial charge is 0.355 e. The summed E-state index contributed by atoms with van der Waals surface area (Å²) in [6.07, 6.45) is 8.70. The Morgan fingerprint density at radius 3 is 2.62 bits per heavy atom. The number of fused-ring (bicyclic) bond motifs is 3. The molecule has 0 saturated heterocycles. The third-order valence-electron chi connectivity index (χ3n) is 6.16. The standard InChI is InChI=1S/C28H22N6O.C2H6/c35-28(34-27-22-9-8-19-17-29-13-10-23(19)33-26(22)12-15-31-27)18-4-3-5-20(16-18)32-25-11-14-30-24-7-2-1-6-21(24)25;1-2/h1-7,10-17,33H,8-9H2,(H,30,32)(H,31,34,35);1-2H3. The molecule has 5 aromatic rings. The summed E-state index contributed by atoms with van der Waals surface area (Å²) in [5, 5.41) is 10.9. The van der Waals surface area contributed by atoms with Crippen LogP contribution in [-0.4, -0.2) is 20.9 Å². The van der Waals surface area contributed by atoms with Gasteiger partial charge in [-0.3, -0.25) is 14.8 Å². The van der Waals surface area contributed by atoms with Crippen LogP contribution in [0.15, 0.2) is 91.5 Å². The van der Waals surface area contributed by atoms with E-state index < -0.39 is 0 Å². The molecule has 0 saturated carbocycles. The summed E-state index contributed by atoms with van der Waals surface area (Å²) in [5.74, 6) is 0.358. The Kier molecular flexibility index (Phi) is 7.03. The zero-order chi connectivity index (χ0) is 25.6. The first kappa shape index (κ1) is 23.9. The third-order valence-corrected chi connectivity index (χ3v) is 6.16. The van der Waals surface area contributed by atoms with Crippen LogP contribution in [0.2, 0.25) is 0 Å². The molecule has 0 atom stereocenters. The van der Waals surface area contributed by atoms with Crippen molar-refractivity contribution < 1.29 is 4.79 Å². The van der Waals surface area contributed by atoms with E-state index in [1.165, 1.54) is 0 Å². The van der Waals surface area contributed by atoms with Crippen molar-refractivity contribution in [2.24, 2.45) is 0 Å². The summed E-state index contributed by atoms with van der Waals surface area (Å²) in [6, 6.07) is 21.2. The van der Waals surface area contributed by atoms with Crippen LogP contribution < -0.4 is 16.0 Å². The van der Waals surface area contributed by atoms with Crippen molar-refractivity contribution in [1.82, 2.24) is 15.0 Å². The highest BCUT2D eigenvalue weighted by Gasteiger charge is 2.18. The normalized spacial score (nSPS) is 11.6. The van der Waals surface area contributed by atoms with Gasteiger partial charge in [-0.1, -0.05) is 38.1 Å². The van der Waals surface area contributed by atoms with E-state index in [9.17, 15) is 4.79 Å². The lowest BCUT2D eigenvalue weighted by molar-refractivity contribution is 0.102. The fraction of sp³-hybridized carbons (Fsp3) is 0.133. The number of aromatic nitrogens is 3. The number of rotatable bonds is 4. The Morgan fingerprint density at radius 2 is 1.70 bits per heavy atom. The highest BCUT2D eigenvalue weighted by Crippen LogP contribution is 2.33. The zero-order valence-electron chi connectivity index (χ0n) is 20.8. The second-order valence-corrected chi connectivity index (χ2v) is 8.38. The Balaban J connectivity index is 0.00000137. The molecular formula is C30H28N6O. The Morgan fingerprint density at radius 1 is 0.865 bits per heavy atom. The molecule has 0 fully saturated rings. The molecule has 7 heteroatoms. The summed E-state index contributed by atoms with van der Waals surface area (Å²) in [4.78, 5) is 26.3. The van der Waals surface area contributed by atoms with E-state index in [0.717, 1.165) is 57.6 Å². The number of hydrogen-bond donors (Lipinski definition) is 3. The van der Waals surface area contributed by atoms with Crippen LogP contribution in [0.1, 0.15) is 35.3 Å². The van der Waals surface area contributed by atoms with Gasteiger partial charge in [0.2, 0.25) is 0 Å². The summed E-state index contributed by atoms with van der Waals surface area (Å²) in [5.41, 5.74) is 7.31. The molecule has 184 valence electrons. The molecule has 4 heterocycles. The SMILES string of the molecule is CC.O=C(Nc1nccc2c1CCc1cnccc1N2)c1cccc(Nc2ccnc3ccccc23)c1. The van der Waals surface area contributed by atoms with Gasteiger partial charge >= 0.3 is 0 Å². The predicted octanol–water partition coefficient (Wildman–Crippen LogP) is 6.89. The van der Waals surface area contributed by atoms with Gasteiger partial charge in [0, 0.05) is 64.1 Å². The van der Waals surface area contributed by atoms with Gasteiger partial charge in [-0.15, -0.1) is 0 Å². The second kappa shape index (κ2) is 10.9. The maximum atomic E-state index is 13.2. The first-order valence-electron chi connectivity index (χ1n) is 12.4. The number of hydrogen-bond acceptors (Lipinski definition) is 6. The van der Waals surface area contributed by atoms with Crippen molar-refractivity contribution in [2.75, 3.05) is 16.0 Å². The van der Waals surface area contributed by atoms with Crippen LogP contribution in [0.3, 0.4) is 0 Å². The minimum absolute atomic E-state index is 0.211. The Bertz CT molecular complexity index is 1560. The van der Waals surface area contributed by atoms with Gasteiger partial charge in [0.1, 0.15) is 5.82 Å². The summed E-state index contributed by atoms with van der Waals surface area (Å²) in [6.45, 7) is 4.00. The van der Waals surface area contributed by atoms with Crippen LogP contribution in [0.4, 0.5) is 28.6 Å². The molecule has 1 aliphatic heterocycles. The lowest BCUT2D eigenvalue weighted by Gasteiger charge is -2.14. The minimum Gasteiger partial charge on any atom is -0.355 e. The molecule has 1 amide bonds. The van der Waals surface area contributed by atoms with Crippen molar-refractivity contribution in [3.05, 3.63) is 108 Å². The lowest BCUT2D eigenvalue weighted by atomic mass is 10.1. The highest BCUT2D eigenvalue weighted by atomic mass is 16.1. The molecule has 0 spiro atoms. The summed E-state index contributed by atoms with van der Waals surface area (Å²) < 4.78 is 0. The average molecular weight is 489 g/mol. The van der Waals surface area contributed by atoms with Crippen molar-refractivity contribution >= 4 is 45.4 Å². The van der Waals surface area contributed by atoms with Gasteiger partial charge in [0.05, 0.1) is 5.52 Å². The van der Waals surface area contributed by atoms with Crippen LogP contribution in [0.25, 0.3) is 10.9 Å². The van der Waals surface area contributed by atoms with Gasteiger partial charge in [0.15, 0.2) is 0 Å². The van der Waals surface area contributed by atoms with Gasteiger partial charge in [-0.2, -0.15) is 0 Å². The monoisotopic (exact) mass is 488 g/mol. The second-order valence-electron chi connectivity index (χ2n) is 8.38. The number of anilines is 5. The molecule has 1 aliphatic rings. The van der Waals surface area contributed by atoms with E-state index in [1.54, 1.807) is 24.7 Å². The molecule has 2 aromatic carbocycles. The molecule has 3 N–H and O–H groups in total. The maximum absolute atomic E-state index is 13.2. The number of nitrogens with zero attached hydrogens (tertiary/aromatic N) is 3. The van der Waals surface area contributed by atoms with Gasteiger partial charge in [0.25, 0.3) is 5.91 Å². The van der Waals surface area contributed by atoms with Crippen molar-refractivity contribution in [1.29, 1.82) is 0 Å². The molecular weight excluding hydrogens is 460 g/mol.